The minimum Gasteiger partial charge on any atom is -0.489 e. The maximum Gasteiger partial charge on any atom is 0.338 e. The van der Waals surface area contributed by atoms with Crippen molar-refractivity contribution in [1.29, 1.82) is 0 Å². The molecule has 0 saturated heterocycles. The third-order valence-corrected chi connectivity index (χ3v) is 6.15. The van der Waals surface area contributed by atoms with Crippen LogP contribution in [0.15, 0.2) is 54.6 Å². The highest BCUT2D eigenvalue weighted by Crippen LogP contribution is 2.49. The maximum absolute atomic E-state index is 12.9. The number of hydrogen-bond donors (Lipinski definition) is 0. The molecule has 0 N–H and O–H groups in total. The quantitative estimate of drug-likeness (QED) is 0.524. The molecule has 0 spiro atoms. The van der Waals surface area contributed by atoms with E-state index in [1.165, 1.54) is 7.11 Å². The monoisotopic (exact) mass is 400 g/mol. The first-order valence-electron chi connectivity index (χ1n) is 9.51. The molecule has 0 saturated carbocycles. The molecule has 2 aromatic carbocycles. The van der Waals surface area contributed by atoms with Gasteiger partial charge in [0.25, 0.3) is 0 Å². The lowest BCUT2D eigenvalue weighted by Gasteiger charge is -2.51. The molecule has 0 aliphatic heterocycles. The highest BCUT2D eigenvalue weighted by atomic mass is 28.2. The van der Waals surface area contributed by atoms with Gasteiger partial charge in [0.05, 0.1) is 7.11 Å². The van der Waals surface area contributed by atoms with Crippen molar-refractivity contribution in [3.05, 3.63) is 65.7 Å². The number of benzene rings is 2. The first-order valence-corrected chi connectivity index (χ1v) is 10.3. The molecule has 0 aliphatic carbocycles. The van der Waals surface area contributed by atoms with Crippen LogP contribution in [0.2, 0.25) is 0 Å². The van der Waals surface area contributed by atoms with Gasteiger partial charge in [-0.3, -0.25) is 0 Å². The maximum atomic E-state index is 12.9. The normalized spacial score (nSPS) is 14.4. The summed E-state index contributed by atoms with van der Waals surface area (Å²) in [5.74, 6) is 0.444. The van der Waals surface area contributed by atoms with E-state index in [1.54, 1.807) is 0 Å². The molecule has 0 bridgehead atoms. The molecule has 0 heterocycles. The average molecular weight is 401 g/mol. The van der Waals surface area contributed by atoms with E-state index in [0.29, 0.717) is 17.1 Å². The van der Waals surface area contributed by atoms with Gasteiger partial charge in [0.15, 0.2) is 5.60 Å². The summed E-state index contributed by atoms with van der Waals surface area (Å²) < 4.78 is 17.1. The van der Waals surface area contributed by atoms with Crippen LogP contribution >= 0.6 is 0 Å². The molecule has 152 valence electrons. The number of carbonyl (C=O) groups is 1. The first kappa shape index (κ1) is 22.2. The SMILES string of the molecule is COC(=O)[C@](O[SiH3])(C(C)(C)C)C(C)(C)c1ccc(OCc2ccccc2)cc1. The molecule has 0 amide bonds. The van der Waals surface area contributed by atoms with Gasteiger partial charge in [-0.25, -0.2) is 4.79 Å². The van der Waals surface area contributed by atoms with E-state index in [1.807, 2.05) is 89.2 Å². The molecule has 0 radical (unpaired) electrons. The Hall–Kier alpha value is -2.11. The molecular weight excluding hydrogens is 368 g/mol. The third-order valence-electron chi connectivity index (χ3n) is 5.54. The van der Waals surface area contributed by atoms with Crippen LogP contribution in [0.5, 0.6) is 5.75 Å². The van der Waals surface area contributed by atoms with E-state index in [-0.39, 0.29) is 5.97 Å². The summed E-state index contributed by atoms with van der Waals surface area (Å²) in [5, 5.41) is 0. The predicted octanol–water partition coefficient (Wildman–Crippen LogP) is 3.80. The van der Waals surface area contributed by atoms with Crippen LogP contribution in [-0.4, -0.2) is 29.2 Å². The molecule has 1 atom stereocenters. The summed E-state index contributed by atoms with van der Waals surface area (Å²) in [6, 6.07) is 17.9. The van der Waals surface area contributed by atoms with Gasteiger partial charge in [-0.15, -0.1) is 0 Å². The van der Waals surface area contributed by atoms with Crippen molar-refractivity contribution in [3.8, 4) is 5.75 Å². The molecule has 2 rings (SSSR count). The van der Waals surface area contributed by atoms with Crippen molar-refractivity contribution in [2.75, 3.05) is 7.11 Å². The van der Waals surface area contributed by atoms with Crippen molar-refractivity contribution in [2.45, 2.75) is 52.2 Å². The van der Waals surface area contributed by atoms with E-state index < -0.39 is 16.4 Å². The largest absolute Gasteiger partial charge is 0.489 e. The van der Waals surface area contributed by atoms with Crippen molar-refractivity contribution in [1.82, 2.24) is 0 Å². The molecule has 0 aliphatic rings. The summed E-state index contributed by atoms with van der Waals surface area (Å²) in [4.78, 5) is 12.9. The van der Waals surface area contributed by atoms with E-state index in [9.17, 15) is 4.79 Å². The van der Waals surface area contributed by atoms with E-state index >= 15 is 0 Å². The van der Waals surface area contributed by atoms with Gasteiger partial charge in [-0.05, 0) is 23.3 Å². The standard InChI is InChI=1S/C23H32O4Si/c1-21(2,3)23(27-28,20(24)25-6)22(4,5)18-12-14-19(15-13-18)26-16-17-10-8-7-9-11-17/h7-15H,16H2,1-6,28H3/t23-/m0/s1. The molecule has 28 heavy (non-hydrogen) atoms. The fraction of sp³-hybridized carbons (Fsp3) is 0.435. The second-order valence-corrected chi connectivity index (χ2v) is 8.96. The van der Waals surface area contributed by atoms with Gasteiger partial charge in [0.2, 0.25) is 0 Å². The Labute approximate surface area is 171 Å². The van der Waals surface area contributed by atoms with Gasteiger partial charge < -0.3 is 13.9 Å². The summed E-state index contributed by atoms with van der Waals surface area (Å²) in [7, 11) is 1.84. The Morgan fingerprint density at radius 2 is 1.50 bits per heavy atom. The minimum absolute atomic E-state index is 0.343. The fourth-order valence-corrected chi connectivity index (χ4v) is 5.49. The van der Waals surface area contributed by atoms with E-state index in [0.717, 1.165) is 16.9 Å². The lowest BCUT2D eigenvalue weighted by Crippen LogP contribution is -2.63. The van der Waals surface area contributed by atoms with E-state index in [4.69, 9.17) is 13.9 Å². The fourth-order valence-electron chi connectivity index (χ4n) is 4.20. The summed E-state index contributed by atoms with van der Waals surface area (Å²) in [6.07, 6.45) is 0. The van der Waals surface area contributed by atoms with Gasteiger partial charge in [0.1, 0.15) is 22.8 Å². The van der Waals surface area contributed by atoms with Crippen molar-refractivity contribution in [3.63, 3.8) is 0 Å². The number of hydrogen-bond acceptors (Lipinski definition) is 4. The van der Waals surface area contributed by atoms with Crippen molar-refractivity contribution < 1.29 is 18.7 Å². The second kappa shape index (κ2) is 8.49. The Kier molecular flexibility index (Phi) is 6.73. The van der Waals surface area contributed by atoms with Crippen molar-refractivity contribution in [2.24, 2.45) is 5.41 Å². The number of carbonyl (C=O) groups excluding carboxylic acids is 1. The Balaban J connectivity index is 2.32. The van der Waals surface area contributed by atoms with Gasteiger partial charge >= 0.3 is 5.97 Å². The zero-order valence-electron chi connectivity index (χ0n) is 18.0. The highest BCUT2D eigenvalue weighted by Gasteiger charge is 2.60. The highest BCUT2D eigenvalue weighted by molar-refractivity contribution is 6.01. The van der Waals surface area contributed by atoms with Crippen LogP contribution in [0.25, 0.3) is 0 Å². The molecule has 0 unspecified atom stereocenters. The Morgan fingerprint density at radius 1 is 0.929 bits per heavy atom. The topological polar surface area (TPSA) is 44.8 Å². The van der Waals surface area contributed by atoms with Crippen LogP contribution in [-0.2, 0) is 26.0 Å². The molecule has 0 fully saturated rings. The van der Waals surface area contributed by atoms with Gasteiger partial charge in [0, 0.05) is 10.8 Å². The number of esters is 1. The zero-order valence-corrected chi connectivity index (χ0v) is 20.0. The molecule has 5 heteroatoms. The summed E-state index contributed by atoms with van der Waals surface area (Å²) in [6.45, 7) is 10.6. The Morgan fingerprint density at radius 3 is 1.96 bits per heavy atom. The Bertz CT molecular complexity index is 778. The van der Waals surface area contributed by atoms with Crippen LogP contribution < -0.4 is 4.74 Å². The first-order chi connectivity index (χ1) is 13.1. The number of ether oxygens (including phenoxy) is 2. The van der Waals surface area contributed by atoms with Gasteiger partial charge in [-0.2, -0.15) is 0 Å². The summed E-state index contributed by atoms with van der Waals surface area (Å²) >= 11 is 0. The lowest BCUT2D eigenvalue weighted by atomic mass is 9.59. The lowest BCUT2D eigenvalue weighted by molar-refractivity contribution is -0.180. The smallest absolute Gasteiger partial charge is 0.338 e. The van der Waals surface area contributed by atoms with Gasteiger partial charge in [-0.1, -0.05) is 77.1 Å². The average Bonchev–Trinajstić information content (AvgIpc) is 2.67. The van der Waals surface area contributed by atoms with Crippen LogP contribution in [0.1, 0.15) is 45.7 Å². The minimum atomic E-state index is -1.09. The molecule has 2 aromatic rings. The van der Waals surface area contributed by atoms with E-state index in [2.05, 4.69) is 0 Å². The molecule has 4 nitrogen and oxygen atoms in total. The second-order valence-electron chi connectivity index (χ2n) is 8.55. The van der Waals surface area contributed by atoms with Crippen LogP contribution in [0.4, 0.5) is 0 Å². The zero-order chi connectivity index (χ0) is 21.0. The molecule has 0 aromatic heterocycles. The van der Waals surface area contributed by atoms with Crippen molar-refractivity contribution >= 4 is 16.5 Å². The molecular formula is C23H32O4Si. The third kappa shape index (κ3) is 4.01. The number of rotatable bonds is 7. The summed E-state index contributed by atoms with van der Waals surface area (Å²) in [5.41, 5.74) is -0.0244. The predicted molar refractivity (Wildman–Crippen MR) is 115 cm³/mol. The van der Waals surface area contributed by atoms with Crippen LogP contribution in [0, 0.1) is 5.41 Å². The van der Waals surface area contributed by atoms with Crippen LogP contribution in [0.3, 0.4) is 0 Å². The number of methoxy groups -OCH3 is 1.